The Morgan fingerprint density at radius 1 is 1.44 bits per heavy atom. The Morgan fingerprint density at radius 2 is 2.28 bits per heavy atom. The van der Waals surface area contributed by atoms with Gasteiger partial charge in [-0.3, -0.25) is 0 Å². The van der Waals surface area contributed by atoms with Crippen molar-refractivity contribution in [3.63, 3.8) is 0 Å². The minimum absolute atomic E-state index is 0.174. The maximum Gasteiger partial charge on any atom is 0.321 e. The van der Waals surface area contributed by atoms with Crippen LogP contribution in [0, 0.1) is 11.7 Å². The highest BCUT2D eigenvalue weighted by atomic mass is 19.1. The molecule has 1 aromatic heterocycles. The number of carbonyl (C=O) groups is 1. The molecule has 1 N–H and O–H groups in total. The zero-order valence-corrected chi connectivity index (χ0v) is 14.7. The van der Waals surface area contributed by atoms with E-state index in [1.807, 2.05) is 0 Å². The molecule has 5 nitrogen and oxygen atoms in total. The molecule has 0 bridgehead atoms. The van der Waals surface area contributed by atoms with Crippen molar-refractivity contribution >= 4 is 11.7 Å². The highest BCUT2D eigenvalue weighted by Gasteiger charge is 2.27. The molecule has 0 unspecified atom stereocenters. The molecule has 1 atom stereocenters. The van der Waals surface area contributed by atoms with E-state index >= 15 is 0 Å². The topological polar surface area (TPSA) is 48.7 Å². The van der Waals surface area contributed by atoms with Gasteiger partial charge < -0.3 is 19.5 Å². The zero-order chi connectivity index (χ0) is 17.8. The van der Waals surface area contributed by atoms with Gasteiger partial charge in [0.1, 0.15) is 11.6 Å². The minimum Gasteiger partial charge on any atom is -0.464 e. The number of furan rings is 1. The lowest BCUT2D eigenvalue weighted by atomic mass is 10.1. The molecule has 0 spiro atoms. The molecule has 1 aliphatic heterocycles. The summed E-state index contributed by atoms with van der Waals surface area (Å²) in [4.78, 5) is 16.5. The zero-order valence-electron chi connectivity index (χ0n) is 14.7. The molecule has 0 radical (unpaired) electrons. The summed E-state index contributed by atoms with van der Waals surface area (Å²) in [5, 5.41) is 2.70. The van der Waals surface area contributed by atoms with Crippen molar-refractivity contribution in [1.29, 1.82) is 0 Å². The van der Waals surface area contributed by atoms with Crippen LogP contribution in [0.5, 0.6) is 0 Å². The lowest BCUT2D eigenvalue weighted by molar-refractivity contribution is 0.218. The Kier molecular flexibility index (Phi) is 5.38. The van der Waals surface area contributed by atoms with Gasteiger partial charge in [0, 0.05) is 25.2 Å². The number of amides is 2. The Balaban J connectivity index is 1.64. The number of carbonyl (C=O) groups excluding carboxylic acids is 1. The lowest BCUT2D eigenvalue weighted by Crippen LogP contribution is -2.34. The van der Waals surface area contributed by atoms with Crippen molar-refractivity contribution in [2.45, 2.75) is 13.3 Å². The van der Waals surface area contributed by atoms with Crippen LogP contribution in [0.2, 0.25) is 0 Å². The SMILES string of the molecule is CCN(C)C[C@H]1CCN(C(=O)Nc2cc(-c3ccco3)ccc2F)C1. The average molecular weight is 345 g/mol. The second-order valence-electron chi connectivity index (χ2n) is 6.56. The van der Waals surface area contributed by atoms with Crippen LogP contribution in [0.3, 0.4) is 0 Å². The van der Waals surface area contributed by atoms with Crippen molar-refractivity contribution < 1.29 is 13.6 Å². The van der Waals surface area contributed by atoms with E-state index < -0.39 is 5.82 Å². The van der Waals surface area contributed by atoms with Gasteiger partial charge in [-0.25, -0.2) is 9.18 Å². The van der Waals surface area contributed by atoms with Gasteiger partial charge in [0.15, 0.2) is 0 Å². The number of likely N-dealkylation sites (tertiary alicyclic amines) is 1. The van der Waals surface area contributed by atoms with Crippen LogP contribution < -0.4 is 5.32 Å². The van der Waals surface area contributed by atoms with Crippen LogP contribution in [0.15, 0.2) is 41.0 Å². The summed E-state index contributed by atoms with van der Waals surface area (Å²) < 4.78 is 19.4. The third-order valence-corrected chi connectivity index (χ3v) is 4.70. The van der Waals surface area contributed by atoms with Crippen molar-refractivity contribution in [3.8, 4) is 11.3 Å². The van der Waals surface area contributed by atoms with Gasteiger partial charge in [0.05, 0.1) is 12.0 Å². The highest BCUT2D eigenvalue weighted by Crippen LogP contribution is 2.26. The Morgan fingerprint density at radius 3 is 3.00 bits per heavy atom. The summed E-state index contributed by atoms with van der Waals surface area (Å²) in [5.41, 5.74) is 0.901. The standard InChI is InChI=1S/C19H24FN3O2/c1-3-22(2)12-14-8-9-23(13-14)19(24)21-17-11-15(6-7-16(17)20)18-5-4-10-25-18/h4-7,10-11,14H,3,8-9,12-13H2,1-2H3,(H,21,24)/t14-/m1/s1. The van der Waals surface area contributed by atoms with E-state index in [1.165, 1.54) is 6.07 Å². The summed E-state index contributed by atoms with van der Waals surface area (Å²) in [6.45, 7) is 5.49. The van der Waals surface area contributed by atoms with Crippen LogP contribution >= 0.6 is 0 Å². The molecule has 3 rings (SSSR count). The van der Waals surface area contributed by atoms with E-state index in [9.17, 15) is 9.18 Å². The van der Waals surface area contributed by atoms with Crippen LogP contribution in [-0.2, 0) is 0 Å². The van der Waals surface area contributed by atoms with Crippen LogP contribution in [-0.4, -0.2) is 49.1 Å². The molecule has 2 aromatic rings. The number of hydrogen-bond donors (Lipinski definition) is 1. The summed E-state index contributed by atoms with van der Waals surface area (Å²) in [7, 11) is 2.08. The number of nitrogens with one attached hydrogen (secondary N) is 1. The smallest absolute Gasteiger partial charge is 0.321 e. The van der Waals surface area contributed by atoms with Crippen LogP contribution in [0.25, 0.3) is 11.3 Å². The predicted octanol–water partition coefficient (Wildman–Crippen LogP) is 3.89. The van der Waals surface area contributed by atoms with E-state index in [4.69, 9.17) is 4.42 Å². The van der Waals surface area contributed by atoms with Gasteiger partial charge in [0.2, 0.25) is 0 Å². The second-order valence-corrected chi connectivity index (χ2v) is 6.56. The quantitative estimate of drug-likeness (QED) is 0.894. The largest absolute Gasteiger partial charge is 0.464 e. The Hall–Kier alpha value is -2.34. The molecule has 1 saturated heterocycles. The molecule has 6 heteroatoms. The predicted molar refractivity (Wildman–Crippen MR) is 96.0 cm³/mol. The number of nitrogens with zero attached hydrogens (tertiary/aromatic N) is 2. The number of anilines is 1. The third-order valence-electron chi connectivity index (χ3n) is 4.70. The number of urea groups is 1. The van der Waals surface area contributed by atoms with E-state index in [0.29, 0.717) is 24.8 Å². The first-order valence-electron chi connectivity index (χ1n) is 8.64. The van der Waals surface area contributed by atoms with Gasteiger partial charge in [-0.2, -0.15) is 0 Å². The molecule has 134 valence electrons. The molecular formula is C19H24FN3O2. The summed E-state index contributed by atoms with van der Waals surface area (Å²) >= 11 is 0. The van der Waals surface area contributed by atoms with Crippen LogP contribution in [0.1, 0.15) is 13.3 Å². The second kappa shape index (κ2) is 7.70. The molecule has 2 heterocycles. The van der Waals surface area contributed by atoms with Gasteiger partial charge in [-0.15, -0.1) is 0 Å². The lowest BCUT2D eigenvalue weighted by Gasteiger charge is -2.20. The molecule has 1 aliphatic rings. The Bertz CT molecular complexity index is 717. The van der Waals surface area contributed by atoms with Gasteiger partial charge in [-0.05, 0) is 56.3 Å². The summed E-state index contributed by atoms with van der Waals surface area (Å²) in [5.74, 6) is 0.652. The van der Waals surface area contributed by atoms with E-state index in [2.05, 4.69) is 24.2 Å². The molecule has 1 fully saturated rings. The van der Waals surface area contributed by atoms with E-state index in [-0.39, 0.29) is 11.7 Å². The maximum absolute atomic E-state index is 14.1. The summed E-state index contributed by atoms with van der Waals surface area (Å²) in [6, 6.07) is 7.90. The highest BCUT2D eigenvalue weighted by molar-refractivity contribution is 5.90. The van der Waals surface area contributed by atoms with Gasteiger partial charge >= 0.3 is 6.03 Å². The normalized spacial score (nSPS) is 17.3. The van der Waals surface area contributed by atoms with E-state index in [1.54, 1.807) is 35.4 Å². The van der Waals surface area contributed by atoms with E-state index in [0.717, 1.165) is 25.1 Å². The average Bonchev–Trinajstić information content (AvgIpc) is 3.28. The molecule has 25 heavy (non-hydrogen) atoms. The van der Waals surface area contributed by atoms with Gasteiger partial charge in [0.25, 0.3) is 0 Å². The first-order valence-corrected chi connectivity index (χ1v) is 8.64. The molecule has 1 aromatic carbocycles. The maximum atomic E-state index is 14.1. The van der Waals surface area contributed by atoms with Crippen molar-refractivity contribution in [1.82, 2.24) is 9.80 Å². The number of benzene rings is 1. The monoisotopic (exact) mass is 345 g/mol. The number of rotatable bonds is 5. The first kappa shape index (κ1) is 17.5. The minimum atomic E-state index is -0.454. The fraction of sp³-hybridized carbons (Fsp3) is 0.421. The summed E-state index contributed by atoms with van der Waals surface area (Å²) in [6.07, 6.45) is 2.54. The third kappa shape index (κ3) is 4.20. The van der Waals surface area contributed by atoms with Crippen molar-refractivity contribution in [3.05, 3.63) is 42.4 Å². The van der Waals surface area contributed by atoms with Crippen LogP contribution in [0.4, 0.5) is 14.9 Å². The van der Waals surface area contributed by atoms with Crippen molar-refractivity contribution in [2.75, 3.05) is 38.5 Å². The number of halogens is 1. The molecule has 0 saturated carbocycles. The number of hydrogen-bond acceptors (Lipinski definition) is 3. The first-order chi connectivity index (χ1) is 12.1. The van der Waals surface area contributed by atoms with Gasteiger partial charge in [-0.1, -0.05) is 6.92 Å². The molecule has 2 amide bonds. The fourth-order valence-corrected chi connectivity index (χ4v) is 3.15. The Labute approximate surface area is 147 Å². The molecular weight excluding hydrogens is 321 g/mol. The van der Waals surface area contributed by atoms with Crippen molar-refractivity contribution in [2.24, 2.45) is 5.92 Å². The molecule has 0 aliphatic carbocycles. The fourth-order valence-electron chi connectivity index (χ4n) is 3.15.